The highest BCUT2D eigenvalue weighted by Crippen LogP contribution is 2.67. The van der Waals surface area contributed by atoms with Gasteiger partial charge in [-0.25, -0.2) is 0 Å². The van der Waals surface area contributed by atoms with Crippen LogP contribution in [0.2, 0.25) is 19.6 Å². The van der Waals surface area contributed by atoms with Crippen molar-refractivity contribution in [1.82, 2.24) is 0 Å². The number of methoxy groups -OCH3 is 1. The molecule has 4 aliphatic rings. The van der Waals surface area contributed by atoms with Crippen molar-refractivity contribution in [3.05, 3.63) is 11.6 Å². The van der Waals surface area contributed by atoms with Crippen LogP contribution in [-0.2, 0) is 14.1 Å². The van der Waals surface area contributed by atoms with Crippen LogP contribution >= 0.6 is 0 Å². The number of ether oxygens (including phenoxy) is 1. The number of hydrogen-bond donors (Lipinski definition) is 0. The largest absolute Gasteiger partial charge is 0.469 e. The lowest BCUT2D eigenvalue weighted by Crippen LogP contribution is -2.51. The van der Waals surface area contributed by atoms with Crippen molar-refractivity contribution in [2.75, 3.05) is 7.11 Å². The van der Waals surface area contributed by atoms with E-state index in [0.29, 0.717) is 23.2 Å². The first-order valence-electron chi connectivity index (χ1n) is 13.5. The second-order valence-electron chi connectivity index (χ2n) is 13.1. The van der Waals surface area contributed by atoms with Gasteiger partial charge in [-0.3, -0.25) is 4.79 Å². The van der Waals surface area contributed by atoms with E-state index in [1.165, 1.54) is 57.8 Å². The molecule has 3 saturated carbocycles. The highest BCUT2D eigenvalue weighted by molar-refractivity contribution is 6.69. The van der Waals surface area contributed by atoms with Gasteiger partial charge in [0.15, 0.2) is 0 Å². The molecule has 0 spiro atoms. The first-order chi connectivity index (χ1) is 15.5. The molecule has 33 heavy (non-hydrogen) atoms. The fourth-order valence-corrected chi connectivity index (χ4v) is 8.85. The number of rotatable bonds is 6. The lowest BCUT2D eigenvalue weighted by molar-refractivity contribution is -0.141. The highest BCUT2D eigenvalue weighted by Gasteiger charge is 2.59. The number of esters is 1. The molecule has 0 aromatic rings. The Bertz CT molecular complexity index is 814. The van der Waals surface area contributed by atoms with E-state index in [4.69, 9.17) is 9.26 Å². The van der Waals surface area contributed by atoms with Crippen molar-refractivity contribution in [2.24, 2.45) is 45.6 Å². The Hall–Kier alpha value is -1.10. The van der Waals surface area contributed by atoms with Crippen LogP contribution in [0.15, 0.2) is 16.8 Å². The number of carbonyl (C=O) groups excluding carboxylic acids is 1. The topological polar surface area (TPSA) is 47.9 Å². The zero-order chi connectivity index (χ0) is 24.0. The summed E-state index contributed by atoms with van der Waals surface area (Å²) >= 11 is 0. The van der Waals surface area contributed by atoms with Gasteiger partial charge < -0.3 is 9.26 Å². The van der Waals surface area contributed by atoms with Crippen LogP contribution in [-0.4, -0.2) is 27.1 Å². The minimum Gasteiger partial charge on any atom is -0.469 e. The fourth-order valence-electron chi connectivity index (χ4n) is 8.46. The van der Waals surface area contributed by atoms with Gasteiger partial charge in [0, 0.05) is 6.42 Å². The van der Waals surface area contributed by atoms with Gasteiger partial charge in [-0.1, -0.05) is 26.3 Å². The van der Waals surface area contributed by atoms with Crippen LogP contribution in [0.1, 0.15) is 85.0 Å². The Morgan fingerprint density at radius 2 is 1.88 bits per heavy atom. The van der Waals surface area contributed by atoms with Crippen LogP contribution in [0.5, 0.6) is 0 Å². The molecule has 7 unspecified atom stereocenters. The van der Waals surface area contributed by atoms with E-state index in [0.717, 1.165) is 36.5 Å². The van der Waals surface area contributed by atoms with Gasteiger partial charge in [-0.2, -0.15) is 0 Å². The minimum absolute atomic E-state index is 0.0553. The average Bonchev–Trinajstić information content (AvgIpc) is 3.12. The summed E-state index contributed by atoms with van der Waals surface area (Å²) in [6, 6.07) is 0. The number of allylic oxidation sites excluding steroid dienone is 2. The van der Waals surface area contributed by atoms with Gasteiger partial charge >= 0.3 is 5.97 Å². The second-order valence-corrected chi connectivity index (χ2v) is 17.5. The minimum atomic E-state index is -1.63. The van der Waals surface area contributed by atoms with E-state index in [1.807, 2.05) is 0 Å². The Kier molecular flexibility index (Phi) is 6.94. The zero-order valence-electron chi connectivity index (χ0n) is 22.2. The molecule has 0 saturated heterocycles. The van der Waals surface area contributed by atoms with Gasteiger partial charge in [0.2, 0.25) is 0 Å². The number of nitrogens with zero attached hydrogens (tertiary/aromatic N) is 1. The summed E-state index contributed by atoms with van der Waals surface area (Å²) in [5, 5.41) is 4.58. The maximum absolute atomic E-state index is 11.7. The van der Waals surface area contributed by atoms with Gasteiger partial charge in [-0.15, -0.1) is 5.16 Å². The fraction of sp³-hybridized carbons (Fsp3) is 0.857. The van der Waals surface area contributed by atoms with E-state index >= 15 is 0 Å². The molecular formula is C28H47NO3Si. The monoisotopic (exact) mass is 473 g/mol. The van der Waals surface area contributed by atoms with Gasteiger partial charge in [0.05, 0.1) is 12.8 Å². The maximum atomic E-state index is 11.7. The standard InChI is InChI=1S/C28H47NO3Si/c1-19(8-13-26(30)31-4)23-11-12-24-22-10-9-20-18-21(29-32-33(5,6)7)14-16-27(20,2)25(22)15-17-28(23,24)3/h18-19,22-25H,8-17H2,1-7H3. The van der Waals surface area contributed by atoms with Gasteiger partial charge in [0.1, 0.15) is 0 Å². The van der Waals surface area contributed by atoms with Gasteiger partial charge in [-0.05, 0) is 124 Å². The zero-order valence-corrected chi connectivity index (χ0v) is 23.2. The van der Waals surface area contributed by atoms with Crippen LogP contribution in [0.25, 0.3) is 0 Å². The molecule has 0 bridgehead atoms. The van der Waals surface area contributed by atoms with Crippen molar-refractivity contribution in [3.8, 4) is 0 Å². The van der Waals surface area contributed by atoms with Crippen LogP contribution in [0.3, 0.4) is 0 Å². The third kappa shape index (κ3) is 4.72. The quantitative estimate of drug-likeness (QED) is 0.230. The molecule has 0 amide bonds. The predicted octanol–water partition coefficient (Wildman–Crippen LogP) is 7.36. The highest BCUT2D eigenvalue weighted by atomic mass is 28.4. The normalized spacial score (nSPS) is 40.3. The Balaban J connectivity index is 1.48. The average molecular weight is 474 g/mol. The summed E-state index contributed by atoms with van der Waals surface area (Å²) in [4.78, 5) is 11.7. The van der Waals surface area contributed by atoms with E-state index in [9.17, 15) is 4.79 Å². The molecule has 4 rings (SSSR count). The summed E-state index contributed by atoms with van der Waals surface area (Å²) in [7, 11) is -0.121. The molecule has 4 aliphatic carbocycles. The maximum Gasteiger partial charge on any atom is 0.305 e. The molecule has 4 nitrogen and oxygen atoms in total. The van der Waals surface area contributed by atoms with Crippen LogP contribution in [0.4, 0.5) is 0 Å². The third-order valence-corrected chi connectivity index (χ3v) is 10.8. The third-order valence-electron chi connectivity index (χ3n) is 10.2. The molecule has 7 atom stereocenters. The second kappa shape index (κ2) is 9.16. The molecule has 0 N–H and O–H groups in total. The number of carbonyl (C=O) groups is 1. The number of fused-ring (bicyclic) bond motifs is 5. The lowest BCUT2D eigenvalue weighted by atomic mass is 9.46. The van der Waals surface area contributed by atoms with Crippen LogP contribution < -0.4 is 0 Å². The molecular weight excluding hydrogens is 426 g/mol. The smallest absolute Gasteiger partial charge is 0.305 e. The van der Waals surface area contributed by atoms with Crippen LogP contribution in [0, 0.1) is 40.4 Å². The summed E-state index contributed by atoms with van der Waals surface area (Å²) in [5.41, 5.74) is 3.61. The SMILES string of the molecule is COC(=O)CCC(C)C1CCC2C3CCC4=CC(=NO[Si](C)(C)C)CCC4(C)C3CCC12C. The van der Waals surface area contributed by atoms with Crippen molar-refractivity contribution in [3.63, 3.8) is 0 Å². The molecule has 0 aliphatic heterocycles. The Labute approximate surface area is 203 Å². The van der Waals surface area contributed by atoms with Crippen molar-refractivity contribution in [1.29, 1.82) is 0 Å². The lowest BCUT2D eigenvalue weighted by Gasteiger charge is -2.58. The van der Waals surface area contributed by atoms with Gasteiger partial charge in [0.25, 0.3) is 8.32 Å². The molecule has 0 aromatic carbocycles. The Morgan fingerprint density at radius 3 is 2.58 bits per heavy atom. The first-order valence-corrected chi connectivity index (χ1v) is 16.9. The summed E-state index contributed by atoms with van der Waals surface area (Å²) in [5.74, 6) is 3.83. The number of oxime groups is 1. The predicted molar refractivity (Wildman–Crippen MR) is 137 cm³/mol. The summed E-state index contributed by atoms with van der Waals surface area (Å²) < 4.78 is 10.8. The van der Waals surface area contributed by atoms with E-state index in [1.54, 1.807) is 5.57 Å². The Morgan fingerprint density at radius 1 is 1.12 bits per heavy atom. The summed E-state index contributed by atoms with van der Waals surface area (Å²) in [6.45, 7) is 14.2. The molecule has 0 radical (unpaired) electrons. The van der Waals surface area contributed by atoms with Crippen molar-refractivity contribution in [2.45, 2.75) is 105 Å². The van der Waals surface area contributed by atoms with Crippen molar-refractivity contribution >= 4 is 20.0 Å². The van der Waals surface area contributed by atoms with Crippen molar-refractivity contribution < 1.29 is 14.1 Å². The molecule has 0 aromatic heterocycles. The molecule has 186 valence electrons. The summed E-state index contributed by atoms with van der Waals surface area (Å²) in [6.07, 6.45) is 14.3. The van der Waals surface area contributed by atoms with E-state index < -0.39 is 8.32 Å². The molecule has 5 heteroatoms. The van der Waals surface area contributed by atoms with E-state index in [-0.39, 0.29) is 5.97 Å². The molecule has 3 fully saturated rings. The first kappa shape index (κ1) is 25.0. The number of hydrogen-bond acceptors (Lipinski definition) is 4. The molecule has 0 heterocycles. The van der Waals surface area contributed by atoms with E-state index in [2.05, 4.69) is 51.6 Å².